The molecule has 0 amide bonds. The summed E-state index contributed by atoms with van der Waals surface area (Å²) in [6, 6.07) is 17.7. The highest BCUT2D eigenvalue weighted by atomic mass is 31.2. The largest absolute Gasteiger partial charge is 0.494 e. The third-order valence-electron chi connectivity index (χ3n) is 4.62. The molecule has 3 aromatic rings. The smallest absolute Gasteiger partial charge is 0.298 e. The summed E-state index contributed by atoms with van der Waals surface area (Å²) in [7, 11) is -2.94. The molecule has 1 heterocycles. The molecule has 0 bridgehead atoms. The standard InChI is InChI=1S/C23H27N2O5P/c1-6-28-19-13-14-20(21(16-19)25(26)27)24-31(23(3,4)5,22-15-12-17(2)29-22)30-18-10-8-7-9-11-18/h7-16H,6H2,1-5H3/t31-/m0/s1. The van der Waals surface area contributed by atoms with Gasteiger partial charge in [-0.2, -0.15) is 0 Å². The van der Waals surface area contributed by atoms with Crippen LogP contribution >= 0.6 is 7.28 Å². The zero-order valence-electron chi connectivity index (χ0n) is 18.4. The van der Waals surface area contributed by atoms with E-state index in [1.807, 2.05) is 77.1 Å². The van der Waals surface area contributed by atoms with Gasteiger partial charge in [0.05, 0.1) is 17.6 Å². The first-order valence-electron chi connectivity index (χ1n) is 10.0. The summed E-state index contributed by atoms with van der Waals surface area (Å²) in [6.07, 6.45) is 0. The van der Waals surface area contributed by atoms with Gasteiger partial charge in [0.15, 0.2) is 5.50 Å². The molecular weight excluding hydrogens is 415 g/mol. The average Bonchev–Trinajstić information content (AvgIpc) is 3.15. The minimum atomic E-state index is -2.94. The molecule has 0 aliphatic carbocycles. The number of hydrogen-bond donors (Lipinski definition) is 0. The van der Waals surface area contributed by atoms with Gasteiger partial charge < -0.3 is 13.7 Å². The Kier molecular flexibility index (Phi) is 6.56. The fourth-order valence-corrected chi connectivity index (χ4v) is 6.00. The Hall–Kier alpha value is -3.05. The molecule has 2 aromatic carbocycles. The molecule has 0 unspecified atom stereocenters. The molecule has 1 aromatic heterocycles. The van der Waals surface area contributed by atoms with Crippen LogP contribution in [0.25, 0.3) is 0 Å². The van der Waals surface area contributed by atoms with Crippen molar-refractivity contribution in [3.05, 3.63) is 76.5 Å². The molecule has 0 spiro atoms. The van der Waals surface area contributed by atoms with Crippen LogP contribution in [0.3, 0.4) is 0 Å². The molecule has 7 nitrogen and oxygen atoms in total. The topological polar surface area (TPSA) is 87.1 Å². The predicted octanol–water partition coefficient (Wildman–Crippen LogP) is 6.85. The predicted molar refractivity (Wildman–Crippen MR) is 123 cm³/mol. The van der Waals surface area contributed by atoms with Gasteiger partial charge in [0.2, 0.25) is 7.28 Å². The quantitative estimate of drug-likeness (QED) is 0.227. The summed E-state index contributed by atoms with van der Waals surface area (Å²) >= 11 is 0. The van der Waals surface area contributed by atoms with Crippen molar-refractivity contribution in [2.45, 2.75) is 39.8 Å². The highest BCUT2D eigenvalue weighted by molar-refractivity contribution is 7.70. The maximum atomic E-state index is 11.9. The molecule has 0 radical (unpaired) electrons. The van der Waals surface area contributed by atoms with E-state index in [2.05, 4.69) is 0 Å². The Morgan fingerprint density at radius 2 is 1.77 bits per heavy atom. The van der Waals surface area contributed by atoms with Gasteiger partial charge in [0, 0.05) is 5.16 Å². The summed E-state index contributed by atoms with van der Waals surface area (Å²) in [6.45, 7) is 10.1. The van der Waals surface area contributed by atoms with Crippen LogP contribution in [-0.2, 0) is 0 Å². The molecule has 31 heavy (non-hydrogen) atoms. The van der Waals surface area contributed by atoms with Crippen molar-refractivity contribution in [2.24, 2.45) is 4.74 Å². The van der Waals surface area contributed by atoms with E-state index in [1.54, 1.807) is 12.1 Å². The second-order valence-corrected chi connectivity index (χ2v) is 11.3. The Morgan fingerprint density at radius 1 is 1.06 bits per heavy atom. The van der Waals surface area contributed by atoms with Crippen molar-refractivity contribution < 1.29 is 18.6 Å². The van der Waals surface area contributed by atoms with Crippen LogP contribution < -0.4 is 14.8 Å². The van der Waals surface area contributed by atoms with Gasteiger partial charge in [-0.15, -0.1) is 0 Å². The molecule has 8 heteroatoms. The minimum Gasteiger partial charge on any atom is -0.494 e. The van der Waals surface area contributed by atoms with E-state index in [9.17, 15) is 10.1 Å². The maximum absolute atomic E-state index is 11.9. The number of furan rings is 1. The summed E-state index contributed by atoms with van der Waals surface area (Å²) < 4.78 is 23.0. The third kappa shape index (κ3) is 4.83. The number of hydrogen-bond acceptors (Lipinski definition) is 6. The zero-order valence-corrected chi connectivity index (χ0v) is 19.3. The molecule has 1 atom stereocenters. The van der Waals surface area contributed by atoms with Crippen LogP contribution in [0.15, 0.2) is 69.8 Å². The molecule has 0 saturated carbocycles. The Morgan fingerprint density at radius 3 is 2.32 bits per heavy atom. The number of para-hydroxylation sites is 1. The van der Waals surface area contributed by atoms with Crippen molar-refractivity contribution in [3.63, 3.8) is 0 Å². The van der Waals surface area contributed by atoms with Crippen molar-refractivity contribution >= 4 is 24.2 Å². The molecular formula is C23H27N2O5P. The van der Waals surface area contributed by atoms with Gasteiger partial charge in [-0.25, -0.2) is 4.74 Å². The van der Waals surface area contributed by atoms with E-state index in [4.69, 9.17) is 18.4 Å². The maximum Gasteiger partial charge on any atom is 0.298 e. The third-order valence-corrected chi connectivity index (χ3v) is 8.25. The fourth-order valence-electron chi connectivity index (χ4n) is 3.09. The summed E-state index contributed by atoms with van der Waals surface area (Å²) in [4.78, 5) is 11.4. The lowest BCUT2D eigenvalue weighted by atomic mass is 10.2. The minimum absolute atomic E-state index is 0.139. The highest BCUT2D eigenvalue weighted by Crippen LogP contribution is 2.62. The molecule has 0 N–H and O–H groups in total. The SMILES string of the molecule is CCOc1ccc(N=[P@](Oc2ccccc2)(c2ccc(C)o2)C(C)(C)C)c([N+](=O)[O-])c1. The Labute approximate surface area is 182 Å². The molecule has 0 aliphatic heterocycles. The second kappa shape index (κ2) is 8.98. The Balaban J connectivity index is 2.32. The number of ether oxygens (including phenoxy) is 1. The van der Waals surface area contributed by atoms with E-state index >= 15 is 0 Å². The first-order valence-corrected chi connectivity index (χ1v) is 11.7. The van der Waals surface area contributed by atoms with Crippen LogP contribution in [0.2, 0.25) is 0 Å². The van der Waals surface area contributed by atoms with Gasteiger partial charge in [-0.1, -0.05) is 39.0 Å². The summed E-state index contributed by atoms with van der Waals surface area (Å²) in [5.41, 5.74) is 0.658. The van der Waals surface area contributed by atoms with E-state index < -0.39 is 17.4 Å². The van der Waals surface area contributed by atoms with Crippen molar-refractivity contribution in [1.29, 1.82) is 0 Å². The first kappa shape index (κ1) is 22.6. The number of nitro groups is 1. The number of nitrogens with zero attached hydrogens (tertiary/aromatic N) is 2. The lowest BCUT2D eigenvalue weighted by Gasteiger charge is -2.35. The highest BCUT2D eigenvalue weighted by Gasteiger charge is 2.42. The lowest BCUT2D eigenvalue weighted by Crippen LogP contribution is -2.26. The van der Waals surface area contributed by atoms with Gasteiger partial charge in [-0.05, 0) is 50.2 Å². The Bertz CT molecular complexity index is 1120. The van der Waals surface area contributed by atoms with Gasteiger partial charge in [0.25, 0.3) is 5.69 Å². The van der Waals surface area contributed by atoms with E-state index in [0.29, 0.717) is 23.6 Å². The normalized spacial score (nSPS) is 13.3. The monoisotopic (exact) mass is 442 g/mol. The second-order valence-electron chi connectivity index (χ2n) is 7.98. The number of nitro benzene ring substituents is 1. The molecule has 164 valence electrons. The van der Waals surface area contributed by atoms with E-state index in [1.165, 1.54) is 6.07 Å². The van der Waals surface area contributed by atoms with Crippen molar-refractivity contribution in [3.8, 4) is 11.5 Å². The van der Waals surface area contributed by atoms with Crippen LogP contribution in [0.5, 0.6) is 11.5 Å². The van der Waals surface area contributed by atoms with Crippen molar-refractivity contribution in [2.75, 3.05) is 6.61 Å². The molecule has 3 rings (SSSR count). The molecule has 0 fully saturated rings. The van der Waals surface area contributed by atoms with Crippen LogP contribution in [0.4, 0.5) is 11.4 Å². The summed E-state index contributed by atoms with van der Waals surface area (Å²) in [5, 5.41) is 11.3. The van der Waals surface area contributed by atoms with Gasteiger partial charge >= 0.3 is 0 Å². The molecule has 0 saturated heterocycles. The van der Waals surface area contributed by atoms with Crippen LogP contribution in [-0.4, -0.2) is 16.7 Å². The zero-order chi connectivity index (χ0) is 22.6. The van der Waals surface area contributed by atoms with E-state index in [-0.39, 0.29) is 11.4 Å². The van der Waals surface area contributed by atoms with Gasteiger partial charge in [-0.3, -0.25) is 10.1 Å². The summed E-state index contributed by atoms with van der Waals surface area (Å²) in [5.74, 6) is 1.76. The van der Waals surface area contributed by atoms with Crippen molar-refractivity contribution in [1.82, 2.24) is 0 Å². The number of aryl methyl sites for hydroxylation is 1. The van der Waals surface area contributed by atoms with E-state index in [0.717, 1.165) is 5.76 Å². The van der Waals surface area contributed by atoms with Gasteiger partial charge in [0.1, 0.15) is 22.9 Å². The average molecular weight is 442 g/mol. The number of rotatable bonds is 7. The molecule has 0 aliphatic rings. The first-order chi connectivity index (χ1) is 14.7. The fraction of sp³-hybridized carbons (Fsp3) is 0.304. The number of benzene rings is 2. The lowest BCUT2D eigenvalue weighted by molar-refractivity contribution is -0.384. The van der Waals surface area contributed by atoms with Crippen LogP contribution in [0.1, 0.15) is 33.5 Å². The van der Waals surface area contributed by atoms with Crippen LogP contribution in [0, 0.1) is 17.0 Å².